The molecule has 212 valence electrons. The molecule has 2 aromatic carbocycles. The predicted molar refractivity (Wildman–Crippen MR) is 152 cm³/mol. The third kappa shape index (κ3) is 4.83. The summed E-state index contributed by atoms with van der Waals surface area (Å²) in [5, 5.41) is 36.0. The maximum atomic E-state index is 13.6. The first-order valence-corrected chi connectivity index (χ1v) is 14.4. The minimum atomic E-state index is -0.996. The first-order chi connectivity index (χ1) is 19.1. The van der Waals surface area contributed by atoms with Gasteiger partial charge in [0.2, 0.25) is 11.6 Å². The molecule has 2 unspecified atom stereocenters. The van der Waals surface area contributed by atoms with Crippen LogP contribution in [0.4, 0.5) is 11.4 Å². The van der Waals surface area contributed by atoms with E-state index in [-0.39, 0.29) is 11.7 Å². The SMILES string of the molecule is CC1(C)C(=CC2C(=O)C(=CC3=[N+](CSOOO)c4ccccc4C3(C)C)C2O)N(CSOOO)c2ccccc21. The molecule has 1 fully saturated rings. The topological polar surface area (TPSA) is 121 Å². The van der Waals surface area contributed by atoms with E-state index in [1.54, 1.807) is 6.08 Å². The largest absolute Gasteiger partial charge is 0.387 e. The number of carbonyl (C=O) groups is 1. The second-order valence-electron chi connectivity index (χ2n) is 10.8. The van der Waals surface area contributed by atoms with Crippen molar-refractivity contribution in [3.05, 3.63) is 83.1 Å². The maximum Gasteiger partial charge on any atom is 0.223 e. The van der Waals surface area contributed by atoms with Crippen LogP contribution in [0.25, 0.3) is 0 Å². The Morgan fingerprint density at radius 2 is 1.60 bits per heavy atom. The lowest BCUT2D eigenvalue weighted by Crippen LogP contribution is -2.46. The number of aliphatic hydroxyl groups excluding tert-OH is 1. The van der Waals surface area contributed by atoms with Gasteiger partial charge in [-0.2, -0.15) is 4.58 Å². The number of ketones is 1. The summed E-state index contributed by atoms with van der Waals surface area (Å²) in [5.74, 6) is -0.297. The highest BCUT2D eigenvalue weighted by molar-refractivity contribution is 7.94. The normalized spacial score (nSPS) is 24.6. The van der Waals surface area contributed by atoms with E-state index in [0.29, 0.717) is 11.4 Å². The van der Waals surface area contributed by atoms with Crippen LogP contribution in [-0.4, -0.2) is 49.5 Å². The number of carbonyl (C=O) groups excluding carboxylic acids is 1. The molecule has 2 heterocycles. The third-order valence-corrected chi connectivity index (χ3v) is 9.04. The summed E-state index contributed by atoms with van der Waals surface area (Å²) in [6.07, 6.45) is 2.62. The van der Waals surface area contributed by atoms with Crippen LogP contribution in [0, 0.1) is 5.92 Å². The molecule has 0 radical (unpaired) electrons. The summed E-state index contributed by atoms with van der Waals surface area (Å²) < 4.78 is 11.3. The van der Waals surface area contributed by atoms with E-state index < -0.39 is 22.9 Å². The fourth-order valence-corrected chi connectivity index (χ4v) is 6.87. The molecule has 3 aliphatic rings. The first-order valence-electron chi connectivity index (χ1n) is 12.6. The summed E-state index contributed by atoms with van der Waals surface area (Å²) in [6.45, 7) is 8.26. The molecule has 2 atom stereocenters. The van der Waals surface area contributed by atoms with Gasteiger partial charge in [0.05, 0.1) is 35.4 Å². The van der Waals surface area contributed by atoms with E-state index in [4.69, 9.17) is 10.5 Å². The number of fused-ring (bicyclic) bond motifs is 2. The fourth-order valence-electron chi connectivity index (χ4n) is 5.93. The van der Waals surface area contributed by atoms with Crippen molar-refractivity contribution in [1.29, 1.82) is 0 Å². The van der Waals surface area contributed by atoms with Crippen LogP contribution < -0.4 is 4.90 Å². The van der Waals surface area contributed by atoms with E-state index in [1.807, 2.05) is 64.1 Å². The van der Waals surface area contributed by atoms with Crippen LogP contribution in [0.5, 0.6) is 0 Å². The highest BCUT2D eigenvalue weighted by Gasteiger charge is 2.50. The van der Waals surface area contributed by atoms with E-state index in [9.17, 15) is 9.90 Å². The second-order valence-corrected chi connectivity index (χ2v) is 12.1. The number of para-hydroxylation sites is 2. The Balaban J connectivity index is 1.48. The average molecular weight is 588 g/mol. The quantitative estimate of drug-likeness (QED) is 0.0840. The third-order valence-electron chi connectivity index (χ3n) is 8.00. The predicted octanol–water partition coefficient (Wildman–Crippen LogP) is 5.28. The fraction of sp³-hybridized carbons (Fsp3) is 0.357. The molecule has 3 N–H and O–H groups in total. The van der Waals surface area contributed by atoms with Gasteiger partial charge in [-0.05, 0) is 25.5 Å². The van der Waals surface area contributed by atoms with Crippen LogP contribution >= 0.6 is 24.1 Å². The highest BCUT2D eigenvalue weighted by atomic mass is 32.2. The van der Waals surface area contributed by atoms with E-state index in [1.165, 1.54) is 0 Å². The Morgan fingerprint density at radius 3 is 2.30 bits per heavy atom. The van der Waals surface area contributed by atoms with Crippen molar-refractivity contribution in [2.24, 2.45) is 5.92 Å². The Morgan fingerprint density at radius 1 is 0.950 bits per heavy atom. The van der Waals surface area contributed by atoms with Gasteiger partial charge < -0.3 is 10.0 Å². The minimum Gasteiger partial charge on any atom is -0.387 e. The summed E-state index contributed by atoms with van der Waals surface area (Å²) >= 11 is 1.81. The highest BCUT2D eigenvalue weighted by Crippen LogP contribution is 2.50. The van der Waals surface area contributed by atoms with Crippen molar-refractivity contribution in [2.45, 2.75) is 44.6 Å². The minimum absolute atomic E-state index is 0.156. The number of hydrogen-bond donors (Lipinski definition) is 3. The number of rotatable bonds is 10. The lowest BCUT2D eigenvalue weighted by molar-refractivity contribution is -0.443. The van der Waals surface area contributed by atoms with Crippen molar-refractivity contribution < 1.29 is 43.7 Å². The van der Waals surface area contributed by atoms with E-state index in [0.717, 1.165) is 58.0 Å². The molecule has 40 heavy (non-hydrogen) atoms. The van der Waals surface area contributed by atoms with Crippen LogP contribution in [0.15, 0.2) is 72.0 Å². The molecule has 10 nitrogen and oxygen atoms in total. The lowest BCUT2D eigenvalue weighted by Gasteiger charge is -2.35. The molecule has 0 saturated heterocycles. The first kappa shape index (κ1) is 29.0. The van der Waals surface area contributed by atoms with Gasteiger partial charge in [0.15, 0.2) is 11.5 Å². The number of nitrogens with zero attached hydrogens (tertiary/aromatic N) is 2. The zero-order chi connectivity index (χ0) is 28.7. The van der Waals surface area contributed by atoms with Crippen LogP contribution in [0.1, 0.15) is 38.8 Å². The van der Waals surface area contributed by atoms with Gasteiger partial charge >= 0.3 is 0 Å². The van der Waals surface area contributed by atoms with Gasteiger partial charge in [-0.15, -0.1) is 8.67 Å². The molecular formula is C28H31N2O8S2+. The number of aliphatic hydroxyl groups is 1. The smallest absolute Gasteiger partial charge is 0.223 e. The van der Waals surface area contributed by atoms with Crippen molar-refractivity contribution >= 4 is 47.0 Å². The summed E-state index contributed by atoms with van der Waals surface area (Å²) in [5.41, 5.74) is 5.15. The van der Waals surface area contributed by atoms with Crippen LogP contribution in [0.3, 0.4) is 0 Å². The number of allylic oxidation sites excluding steroid dienone is 2. The number of anilines is 1. The second kappa shape index (κ2) is 11.4. The Bertz CT molecular complexity index is 1400. The summed E-state index contributed by atoms with van der Waals surface area (Å²) in [7, 11) is 0. The van der Waals surface area contributed by atoms with Gasteiger partial charge in [0.25, 0.3) is 0 Å². The number of hydrogen-bond acceptors (Lipinski definition) is 11. The number of benzene rings is 2. The van der Waals surface area contributed by atoms with Gasteiger partial charge in [0.1, 0.15) is 12.0 Å². The van der Waals surface area contributed by atoms with Crippen molar-refractivity contribution in [2.75, 3.05) is 16.7 Å². The molecule has 1 aliphatic carbocycles. The molecule has 0 spiro atoms. The van der Waals surface area contributed by atoms with Crippen LogP contribution in [-0.2, 0) is 34.4 Å². The molecule has 12 heteroatoms. The Labute approximate surface area is 240 Å². The van der Waals surface area contributed by atoms with Gasteiger partial charge in [0, 0.05) is 40.1 Å². The lowest BCUT2D eigenvalue weighted by atomic mass is 9.71. The molecule has 5 rings (SSSR count). The Kier molecular flexibility index (Phi) is 8.26. The van der Waals surface area contributed by atoms with E-state index in [2.05, 4.69) is 46.4 Å². The molecule has 2 aromatic rings. The molecular weight excluding hydrogens is 556 g/mol. The standard InChI is InChI=1S/C28H30N2O8S2/c1-27(2)19-9-5-7-11-21(19)29(15-39-37-35-33)23(27)13-17-25(31)18(26(17)32)14-24-28(3,4)20-10-6-8-12-22(20)30(24)16-40-38-36-34/h5-14,17,25,31H,15-16H2,1-4H3,(H-,33,34)/p+1. The summed E-state index contributed by atoms with van der Waals surface area (Å²) in [4.78, 5) is 15.6. The average Bonchev–Trinajstić information content (AvgIpc) is 3.29. The molecule has 0 bridgehead atoms. The molecule has 1 saturated carbocycles. The van der Waals surface area contributed by atoms with E-state index >= 15 is 0 Å². The number of Topliss-reactive ketones (excluding diaryl/α,β-unsaturated/α-hetero) is 1. The Hall–Kier alpha value is -2.52. The molecule has 0 amide bonds. The molecule has 0 aromatic heterocycles. The van der Waals surface area contributed by atoms with Gasteiger partial charge in [-0.3, -0.25) is 4.79 Å². The zero-order valence-electron chi connectivity index (χ0n) is 22.4. The van der Waals surface area contributed by atoms with Crippen molar-refractivity contribution in [1.82, 2.24) is 0 Å². The zero-order valence-corrected chi connectivity index (χ0v) is 24.1. The van der Waals surface area contributed by atoms with Crippen molar-refractivity contribution in [3.8, 4) is 0 Å². The monoisotopic (exact) mass is 587 g/mol. The van der Waals surface area contributed by atoms with Crippen molar-refractivity contribution in [3.63, 3.8) is 0 Å². The van der Waals surface area contributed by atoms with Gasteiger partial charge in [-0.25, -0.2) is 10.5 Å². The summed E-state index contributed by atoms with van der Waals surface area (Å²) in [6, 6.07) is 15.8. The van der Waals surface area contributed by atoms with Gasteiger partial charge in [-0.1, -0.05) is 66.4 Å². The van der Waals surface area contributed by atoms with Crippen LogP contribution in [0.2, 0.25) is 0 Å². The maximum absolute atomic E-state index is 13.6. The molecule has 2 aliphatic heterocycles.